The monoisotopic (exact) mass is 456 g/mol. The molecule has 0 fully saturated rings. The van der Waals surface area contributed by atoms with Crippen molar-refractivity contribution in [3.05, 3.63) is 82.0 Å². The number of ether oxygens (including phenoxy) is 1. The summed E-state index contributed by atoms with van der Waals surface area (Å²) in [5.41, 5.74) is 10.3. The minimum Gasteiger partial charge on any atom is -0.491 e. The molecule has 0 saturated heterocycles. The molecule has 34 heavy (non-hydrogen) atoms. The molecule has 0 saturated carbocycles. The lowest BCUT2D eigenvalue weighted by Gasteiger charge is -2.37. The lowest BCUT2D eigenvalue weighted by atomic mass is 9.90. The Hall–Kier alpha value is -2.65. The van der Waals surface area contributed by atoms with Crippen LogP contribution in [0.1, 0.15) is 80.6 Å². The van der Waals surface area contributed by atoms with Gasteiger partial charge in [0.05, 0.1) is 11.8 Å². The number of hydrogen-bond donors (Lipinski definition) is 0. The molecule has 0 radical (unpaired) electrons. The molecule has 2 heterocycles. The topological polar surface area (TPSA) is 25.4 Å². The van der Waals surface area contributed by atoms with Crippen LogP contribution in [-0.2, 0) is 25.8 Å². The van der Waals surface area contributed by atoms with Gasteiger partial charge in [-0.25, -0.2) is 0 Å². The van der Waals surface area contributed by atoms with Crippen LogP contribution >= 0.6 is 0 Å². The molecule has 1 atom stereocenters. The van der Waals surface area contributed by atoms with Crippen molar-refractivity contribution in [2.45, 2.75) is 85.9 Å². The zero-order valence-electron chi connectivity index (χ0n) is 21.8. The van der Waals surface area contributed by atoms with E-state index in [2.05, 4.69) is 95.0 Å². The van der Waals surface area contributed by atoms with Crippen molar-refractivity contribution in [2.24, 2.45) is 0 Å². The predicted molar refractivity (Wildman–Crippen MR) is 143 cm³/mol. The van der Waals surface area contributed by atoms with Crippen molar-refractivity contribution in [3.8, 4) is 17.0 Å². The Bertz CT molecular complexity index is 1110. The molecule has 3 nitrogen and oxygen atoms in total. The summed E-state index contributed by atoms with van der Waals surface area (Å²) in [6, 6.07) is 18.2. The van der Waals surface area contributed by atoms with Gasteiger partial charge in [-0.15, -0.1) is 0 Å². The fourth-order valence-electron chi connectivity index (χ4n) is 5.50. The smallest absolute Gasteiger partial charge is 0.128 e. The molecule has 0 amide bonds. The van der Waals surface area contributed by atoms with Crippen LogP contribution in [0.2, 0.25) is 0 Å². The molecule has 3 heteroatoms. The summed E-state index contributed by atoms with van der Waals surface area (Å²) < 4.78 is 6.45. The van der Waals surface area contributed by atoms with E-state index >= 15 is 0 Å². The second-order valence-corrected chi connectivity index (χ2v) is 9.74. The number of hydrogen-bond acceptors (Lipinski definition) is 3. The van der Waals surface area contributed by atoms with Gasteiger partial charge in [0.1, 0.15) is 5.75 Å². The number of rotatable bonds is 8. The Kier molecular flexibility index (Phi) is 7.73. The number of fused-ring (bicyclic) bond motifs is 1. The highest BCUT2D eigenvalue weighted by Gasteiger charge is 2.28. The minimum atomic E-state index is 0.115. The van der Waals surface area contributed by atoms with E-state index in [-0.39, 0.29) is 6.10 Å². The van der Waals surface area contributed by atoms with Gasteiger partial charge in [-0.2, -0.15) is 0 Å². The fourth-order valence-corrected chi connectivity index (χ4v) is 5.50. The molecule has 1 aliphatic rings. The molecular formula is C31H40N2O. The number of aryl methyl sites for hydroxylation is 3. The summed E-state index contributed by atoms with van der Waals surface area (Å²) >= 11 is 0. The molecule has 3 aromatic rings. The highest BCUT2D eigenvalue weighted by Crippen LogP contribution is 2.37. The molecule has 0 N–H and O–H groups in total. The molecule has 0 aliphatic carbocycles. The van der Waals surface area contributed by atoms with E-state index in [4.69, 9.17) is 9.72 Å². The van der Waals surface area contributed by atoms with Gasteiger partial charge in [-0.3, -0.25) is 9.88 Å². The first-order chi connectivity index (χ1) is 16.5. The Labute approximate surface area is 206 Å². The highest BCUT2D eigenvalue weighted by molar-refractivity contribution is 5.70. The number of benzene rings is 2. The molecule has 0 bridgehead atoms. The van der Waals surface area contributed by atoms with Crippen molar-refractivity contribution in [1.82, 2.24) is 9.88 Å². The SMILES string of the molecule is CCc1cccc(CC)c1-c1cc(OC(C)C)c(CN2CCc3ccccc3C2CC)c(C)n1. The maximum Gasteiger partial charge on any atom is 0.128 e. The van der Waals surface area contributed by atoms with Gasteiger partial charge < -0.3 is 4.74 Å². The average Bonchev–Trinajstić information content (AvgIpc) is 2.84. The largest absolute Gasteiger partial charge is 0.491 e. The summed E-state index contributed by atoms with van der Waals surface area (Å²) in [7, 11) is 0. The summed E-state index contributed by atoms with van der Waals surface area (Å²) in [4.78, 5) is 7.80. The van der Waals surface area contributed by atoms with Gasteiger partial charge in [0, 0.05) is 42.0 Å². The summed E-state index contributed by atoms with van der Waals surface area (Å²) in [5.74, 6) is 0.985. The van der Waals surface area contributed by atoms with E-state index in [1.165, 1.54) is 33.4 Å². The number of nitrogens with zero attached hydrogens (tertiary/aromatic N) is 2. The maximum absolute atomic E-state index is 6.45. The van der Waals surface area contributed by atoms with Crippen LogP contribution in [0, 0.1) is 6.92 Å². The third-order valence-electron chi connectivity index (χ3n) is 7.18. The van der Waals surface area contributed by atoms with Gasteiger partial charge >= 0.3 is 0 Å². The predicted octanol–water partition coefficient (Wildman–Crippen LogP) is 7.48. The van der Waals surface area contributed by atoms with Gasteiger partial charge in [0.2, 0.25) is 0 Å². The van der Waals surface area contributed by atoms with Crippen LogP contribution in [-0.4, -0.2) is 22.5 Å². The van der Waals surface area contributed by atoms with E-state index in [0.29, 0.717) is 6.04 Å². The van der Waals surface area contributed by atoms with E-state index in [9.17, 15) is 0 Å². The first kappa shape index (κ1) is 24.5. The maximum atomic E-state index is 6.45. The summed E-state index contributed by atoms with van der Waals surface area (Å²) in [6.45, 7) is 15.1. The normalized spacial score (nSPS) is 16.0. The third-order valence-corrected chi connectivity index (χ3v) is 7.18. The standard InChI is InChI=1S/C31H40N2O/c1-7-23-14-12-15-24(8-2)31(23)28-19-30(34-21(4)5)27(22(6)32-28)20-33-18-17-25-13-10-11-16-26(25)29(33)9-3/h10-16,19,21,29H,7-9,17-18,20H2,1-6H3. The van der Waals surface area contributed by atoms with Crippen molar-refractivity contribution in [1.29, 1.82) is 0 Å². The molecule has 0 spiro atoms. The Morgan fingerprint density at radius 1 is 1.00 bits per heavy atom. The van der Waals surface area contributed by atoms with Crippen LogP contribution in [0.4, 0.5) is 0 Å². The third kappa shape index (κ3) is 4.90. The van der Waals surface area contributed by atoms with Crippen LogP contribution in [0.5, 0.6) is 5.75 Å². The second-order valence-electron chi connectivity index (χ2n) is 9.74. The lowest BCUT2D eigenvalue weighted by Crippen LogP contribution is -2.35. The van der Waals surface area contributed by atoms with Crippen LogP contribution in [0.15, 0.2) is 48.5 Å². The first-order valence-electron chi connectivity index (χ1n) is 13.1. The van der Waals surface area contributed by atoms with Crippen LogP contribution in [0.25, 0.3) is 11.3 Å². The summed E-state index contributed by atoms with van der Waals surface area (Å²) in [6.07, 6.45) is 4.31. The fraction of sp³-hybridized carbons (Fsp3) is 0.452. The Morgan fingerprint density at radius 3 is 2.35 bits per heavy atom. The number of aromatic nitrogens is 1. The molecule has 2 aromatic carbocycles. The molecule has 4 rings (SSSR count). The van der Waals surface area contributed by atoms with Crippen molar-refractivity contribution < 1.29 is 4.74 Å². The summed E-state index contributed by atoms with van der Waals surface area (Å²) in [5, 5.41) is 0. The van der Waals surface area contributed by atoms with Crippen LogP contribution in [0.3, 0.4) is 0 Å². The Balaban J connectivity index is 1.76. The van der Waals surface area contributed by atoms with Crippen molar-refractivity contribution in [2.75, 3.05) is 6.54 Å². The van der Waals surface area contributed by atoms with Gasteiger partial charge in [0.25, 0.3) is 0 Å². The zero-order chi connectivity index (χ0) is 24.2. The lowest BCUT2D eigenvalue weighted by molar-refractivity contribution is 0.165. The van der Waals surface area contributed by atoms with Gasteiger partial charge in [-0.05, 0) is 68.7 Å². The van der Waals surface area contributed by atoms with Crippen molar-refractivity contribution >= 4 is 0 Å². The molecular weight excluding hydrogens is 416 g/mol. The van der Waals surface area contributed by atoms with Gasteiger partial charge in [-0.1, -0.05) is 63.2 Å². The second kappa shape index (κ2) is 10.7. The minimum absolute atomic E-state index is 0.115. The first-order valence-corrected chi connectivity index (χ1v) is 13.1. The molecule has 1 aromatic heterocycles. The van der Waals surface area contributed by atoms with E-state index in [0.717, 1.165) is 55.9 Å². The van der Waals surface area contributed by atoms with Crippen molar-refractivity contribution in [3.63, 3.8) is 0 Å². The van der Waals surface area contributed by atoms with Crippen LogP contribution < -0.4 is 4.74 Å². The number of pyridine rings is 1. The highest BCUT2D eigenvalue weighted by atomic mass is 16.5. The quantitative estimate of drug-likeness (QED) is 0.351. The van der Waals surface area contributed by atoms with E-state index < -0.39 is 0 Å². The van der Waals surface area contributed by atoms with E-state index in [1.807, 2.05) is 0 Å². The van der Waals surface area contributed by atoms with E-state index in [1.54, 1.807) is 0 Å². The average molecular weight is 457 g/mol. The van der Waals surface area contributed by atoms with Gasteiger partial charge in [0.15, 0.2) is 0 Å². The zero-order valence-corrected chi connectivity index (χ0v) is 21.8. The molecule has 180 valence electrons. The molecule has 1 aliphatic heterocycles. The Morgan fingerprint density at radius 2 is 1.71 bits per heavy atom. The molecule has 1 unspecified atom stereocenters.